The van der Waals surface area contributed by atoms with Crippen LogP contribution in [0.25, 0.3) is 11.1 Å². The molecule has 0 aliphatic carbocycles. The molecular weight excluding hydrogens is 240 g/mol. The molecule has 0 aliphatic heterocycles. The molecule has 2 aromatic carbocycles. The van der Waals surface area contributed by atoms with E-state index < -0.39 is 11.1 Å². The first-order valence-electron chi connectivity index (χ1n) is 4.79. The molecular formula is C12H9O4S-. The van der Waals surface area contributed by atoms with Crippen molar-refractivity contribution < 1.29 is 19.0 Å². The van der Waals surface area contributed by atoms with Crippen LogP contribution in [0.4, 0.5) is 0 Å². The molecule has 0 fully saturated rings. The van der Waals surface area contributed by atoms with Gasteiger partial charge in [-0.2, -0.15) is 0 Å². The first kappa shape index (κ1) is 11.6. The van der Waals surface area contributed by atoms with Gasteiger partial charge in [0.25, 0.3) is 0 Å². The summed E-state index contributed by atoms with van der Waals surface area (Å²) >= 11 is -2.26. The van der Waals surface area contributed by atoms with E-state index in [0.29, 0.717) is 11.1 Å². The van der Waals surface area contributed by atoms with Gasteiger partial charge in [-0.3, -0.25) is 4.21 Å². The molecule has 88 valence electrons. The summed E-state index contributed by atoms with van der Waals surface area (Å²) in [5.41, 5.74) is 1.21. The Morgan fingerprint density at radius 3 is 2.18 bits per heavy atom. The lowest BCUT2D eigenvalue weighted by Crippen LogP contribution is -1.88. The molecule has 0 saturated carbocycles. The van der Waals surface area contributed by atoms with Gasteiger partial charge in [0.1, 0.15) is 11.5 Å². The van der Waals surface area contributed by atoms with E-state index in [0.717, 1.165) is 0 Å². The van der Waals surface area contributed by atoms with E-state index in [4.69, 9.17) is 5.11 Å². The summed E-state index contributed by atoms with van der Waals surface area (Å²) in [5.74, 6) is -0.0791. The van der Waals surface area contributed by atoms with Crippen molar-refractivity contribution in [3.63, 3.8) is 0 Å². The highest BCUT2D eigenvalue weighted by atomic mass is 32.2. The Morgan fingerprint density at radius 1 is 1.00 bits per heavy atom. The minimum atomic E-state index is -2.26. The van der Waals surface area contributed by atoms with Crippen LogP contribution in [-0.2, 0) is 11.1 Å². The standard InChI is InChI=1S/C12H10O4S/c13-9-3-6-11(12(14)7-9)8-1-4-10(5-2-8)17(15)16/h1-7,13-14H,(H,15,16)/p-1. The summed E-state index contributed by atoms with van der Waals surface area (Å²) in [6, 6.07) is 10.3. The van der Waals surface area contributed by atoms with Gasteiger partial charge in [0.2, 0.25) is 0 Å². The van der Waals surface area contributed by atoms with Crippen LogP contribution in [0.5, 0.6) is 11.5 Å². The van der Waals surface area contributed by atoms with Crippen LogP contribution in [0.3, 0.4) is 0 Å². The molecule has 2 N–H and O–H groups in total. The Labute approximate surface area is 100 Å². The molecule has 0 aromatic heterocycles. The maximum absolute atomic E-state index is 10.7. The smallest absolute Gasteiger partial charge is 0.127 e. The molecule has 0 aliphatic rings. The summed E-state index contributed by atoms with van der Waals surface area (Å²) in [5, 5.41) is 18.8. The van der Waals surface area contributed by atoms with E-state index in [1.54, 1.807) is 18.2 Å². The van der Waals surface area contributed by atoms with Crippen LogP contribution >= 0.6 is 0 Å². The van der Waals surface area contributed by atoms with Crippen molar-refractivity contribution in [1.29, 1.82) is 0 Å². The fourth-order valence-corrected chi connectivity index (χ4v) is 1.87. The van der Waals surface area contributed by atoms with Crippen molar-refractivity contribution in [2.24, 2.45) is 0 Å². The number of phenols is 2. The number of rotatable bonds is 2. The number of hydrogen-bond donors (Lipinski definition) is 2. The number of benzene rings is 2. The molecule has 0 amide bonds. The summed E-state index contributed by atoms with van der Waals surface area (Å²) in [6.07, 6.45) is 0. The third-order valence-corrected chi connectivity index (χ3v) is 3.00. The SMILES string of the molecule is O=S([O-])c1ccc(-c2ccc(O)cc2O)cc1. The highest BCUT2D eigenvalue weighted by Gasteiger charge is 2.05. The van der Waals surface area contributed by atoms with Gasteiger partial charge in [-0.15, -0.1) is 0 Å². The zero-order valence-electron chi connectivity index (χ0n) is 8.66. The van der Waals surface area contributed by atoms with Gasteiger partial charge in [0.05, 0.1) is 0 Å². The monoisotopic (exact) mass is 249 g/mol. The molecule has 5 heteroatoms. The average Bonchev–Trinajstić information content (AvgIpc) is 2.29. The predicted molar refractivity (Wildman–Crippen MR) is 62.4 cm³/mol. The Hall–Kier alpha value is -1.85. The van der Waals surface area contributed by atoms with Gasteiger partial charge in [-0.25, -0.2) is 0 Å². The number of hydrogen-bond acceptors (Lipinski definition) is 4. The van der Waals surface area contributed by atoms with E-state index >= 15 is 0 Å². The fourth-order valence-electron chi connectivity index (χ4n) is 1.51. The highest BCUT2D eigenvalue weighted by molar-refractivity contribution is 7.79. The van der Waals surface area contributed by atoms with Gasteiger partial charge >= 0.3 is 0 Å². The second-order valence-electron chi connectivity index (χ2n) is 3.46. The van der Waals surface area contributed by atoms with Crippen molar-refractivity contribution in [1.82, 2.24) is 0 Å². The third kappa shape index (κ3) is 2.46. The van der Waals surface area contributed by atoms with Crippen molar-refractivity contribution in [2.75, 3.05) is 0 Å². The van der Waals surface area contributed by atoms with Gasteiger partial charge in [0.15, 0.2) is 0 Å². The van der Waals surface area contributed by atoms with Crippen LogP contribution < -0.4 is 0 Å². The van der Waals surface area contributed by atoms with Crippen LogP contribution in [0, 0.1) is 0 Å². The first-order chi connectivity index (χ1) is 8.08. The van der Waals surface area contributed by atoms with Crippen LogP contribution in [0.15, 0.2) is 47.4 Å². The lowest BCUT2D eigenvalue weighted by Gasteiger charge is -2.08. The van der Waals surface area contributed by atoms with E-state index in [1.165, 1.54) is 24.3 Å². The lowest BCUT2D eigenvalue weighted by molar-refractivity contribution is 0.452. The maximum atomic E-state index is 10.7. The van der Waals surface area contributed by atoms with E-state index in [-0.39, 0.29) is 16.4 Å². The molecule has 0 radical (unpaired) electrons. The normalized spacial score (nSPS) is 12.3. The summed E-state index contributed by atoms with van der Waals surface area (Å²) in [6.45, 7) is 0. The Kier molecular flexibility index (Phi) is 3.12. The van der Waals surface area contributed by atoms with Crippen molar-refractivity contribution in [3.05, 3.63) is 42.5 Å². The minimum Gasteiger partial charge on any atom is -0.768 e. The summed E-state index contributed by atoms with van der Waals surface area (Å²) < 4.78 is 21.4. The maximum Gasteiger partial charge on any atom is 0.127 e. The van der Waals surface area contributed by atoms with Gasteiger partial charge in [-0.05, 0) is 40.9 Å². The van der Waals surface area contributed by atoms with Crippen molar-refractivity contribution >= 4 is 11.1 Å². The molecule has 0 saturated heterocycles. The largest absolute Gasteiger partial charge is 0.768 e. The average molecular weight is 249 g/mol. The predicted octanol–water partition coefficient (Wildman–Crippen LogP) is 2.00. The highest BCUT2D eigenvalue weighted by Crippen LogP contribution is 2.32. The van der Waals surface area contributed by atoms with Gasteiger partial charge in [0, 0.05) is 16.5 Å². The van der Waals surface area contributed by atoms with Crippen LogP contribution in [0.1, 0.15) is 0 Å². The fraction of sp³-hybridized carbons (Fsp3) is 0. The zero-order chi connectivity index (χ0) is 12.4. The Balaban J connectivity index is 2.43. The molecule has 17 heavy (non-hydrogen) atoms. The van der Waals surface area contributed by atoms with Crippen LogP contribution in [0.2, 0.25) is 0 Å². The molecule has 1 unspecified atom stereocenters. The van der Waals surface area contributed by atoms with Gasteiger partial charge in [-0.1, -0.05) is 12.1 Å². The minimum absolute atomic E-state index is 0.0245. The molecule has 0 spiro atoms. The van der Waals surface area contributed by atoms with Crippen LogP contribution in [-0.4, -0.2) is 19.0 Å². The molecule has 2 rings (SSSR count). The number of phenolic OH excluding ortho intramolecular Hbond substituents is 2. The molecule has 4 nitrogen and oxygen atoms in total. The van der Waals surface area contributed by atoms with E-state index in [2.05, 4.69) is 0 Å². The number of aromatic hydroxyl groups is 2. The lowest BCUT2D eigenvalue weighted by atomic mass is 10.0. The second kappa shape index (κ2) is 4.57. The topological polar surface area (TPSA) is 80.6 Å². The molecule has 0 bridgehead atoms. The molecule has 0 heterocycles. The Bertz CT molecular complexity index is 563. The zero-order valence-corrected chi connectivity index (χ0v) is 9.48. The second-order valence-corrected chi connectivity index (χ2v) is 4.40. The van der Waals surface area contributed by atoms with Crippen molar-refractivity contribution in [2.45, 2.75) is 4.90 Å². The molecule has 2 aromatic rings. The first-order valence-corrected chi connectivity index (χ1v) is 5.87. The van der Waals surface area contributed by atoms with E-state index in [9.17, 15) is 13.9 Å². The van der Waals surface area contributed by atoms with E-state index in [1.807, 2.05) is 0 Å². The third-order valence-electron chi connectivity index (χ3n) is 2.34. The Morgan fingerprint density at radius 2 is 1.65 bits per heavy atom. The van der Waals surface area contributed by atoms with Gasteiger partial charge < -0.3 is 14.8 Å². The summed E-state index contributed by atoms with van der Waals surface area (Å²) in [4.78, 5) is 0.187. The quantitative estimate of drug-likeness (QED) is 0.798. The van der Waals surface area contributed by atoms with Crippen molar-refractivity contribution in [3.8, 4) is 22.6 Å². The molecule has 1 atom stereocenters. The summed E-state index contributed by atoms with van der Waals surface area (Å²) in [7, 11) is 0.